The Morgan fingerprint density at radius 2 is 1.79 bits per heavy atom. The summed E-state index contributed by atoms with van der Waals surface area (Å²) >= 11 is 11.8. The summed E-state index contributed by atoms with van der Waals surface area (Å²) in [5.41, 5.74) is -0.975. The number of aromatic nitrogens is 6. The van der Waals surface area contributed by atoms with Crippen LogP contribution in [0.1, 0.15) is 41.2 Å². The zero-order chi connectivity index (χ0) is 36.9. The van der Waals surface area contributed by atoms with Gasteiger partial charge in [-0.25, -0.2) is 27.9 Å². The van der Waals surface area contributed by atoms with Gasteiger partial charge in [0.2, 0.25) is 0 Å². The van der Waals surface area contributed by atoms with E-state index in [9.17, 15) is 31.9 Å². The number of aryl methyl sites for hydroxylation is 1. The fourth-order valence-corrected chi connectivity index (χ4v) is 6.49. The minimum atomic E-state index is -4.84. The third-order valence-electron chi connectivity index (χ3n) is 8.40. The smallest absolute Gasteiger partial charge is 0.418 e. The Morgan fingerprint density at radius 3 is 2.48 bits per heavy atom. The summed E-state index contributed by atoms with van der Waals surface area (Å²) in [4.78, 5) is 16.3. The maximum atomic E-state index is 14.4. The number of alkyl halides is 3. The largest absolute Gasteiger partial charge is 0.480 e. The number of ether oxygens (including phenoxy) is 4. The predicted octanol–water partition coefficient (Wildman–Crippen LogP) is 6.70. The van der Waals surface area contributed by atoms with Crippen LogP contribution in [-0.4, -0.2) is 72.4 Å². The van der Waals surface area contributed by atoms with Crippen LogP contribution in [-0.2, 0) is 29.9 Å². The average molecular weight is 767 g/mol. The van der Waals surface area contributed by atoms with Gasteiger partial charge in [0.25, 0.3) is 0 Å². The molecule has 2 aromatic heterocycles. The molecule has 0 amide bonds. The highest BCUT2D eigenvalue weighted by atomic mass is 35.5. The fourth-order valence-electron chi connectivity index (χ4n) is 6.21. The number of halogens is 7. The number of hydrogen-bond acceptors (Lipinski definition) is 9. The van der Waals surface area contributed by atoms with Crippen LogP contribution in [0.4, 0.5) is 22.0 Å². The number of nitrogens with zero attached hydrogens (tertiary/aromatic N) is 6. The van der Waals surface area contributed by atoms with Crippen molar-refractivity contribution in [3.05, 3.63) is 111 Å². The van der Waals surface area contributed by atoms with E-state index in [2.05, 4.69) is 20.4 Å². The van der Waals surface area contributed by atoms with Gasteiger partial charge in [-0.1, -0.05) is 58.7 Å². The minimum absolute atomic E-state index is 0.00882. The van der Waals surface area contributed by atoms with Crippen molar-refractivity contribution in [3.63, 3.8) is 0 Å². The molecular formula is C33H25Cl2F5N6O6. The van der Waals surface area contributed by atoms with Crippen molar-refractivity contribution in [2.24, 2.45) is 0 Å². The number of aliphatic carboxylic acids is 1. The lowest BCUT2D eigenvalue weighted by Crippen LogP contribution is -2.58. The van der Waals surface area contributed by atoms with Crippen molar-refractivity contribution >= 4 is 29.2 Å². The second kappa shape index (κ2) is 14.1. The van der Waals surface area contributed by atoms with E-state index in [-0.39, 0.29) is 34.5 Å². The molecule has 0 bridgehead atoms. The number of fused-ring (bicyclic) bond motifs is 1. The van der Waals surface area contributed by atoms with Crippen molar-refractivity contribution in [1.82, 2.24) is 29.8 Å². The first-order valence-corrected chi connectivity index (χ1v) is 16.2. The molecule has 272 valence electrons. The Hall–Kier alpha value is -4.52. The third kappa shape index (κ3) is 6.99. The van der Waals surface area contributed by atoms with Crippen LogP contribution in [0.5, 0.6) is 0 Å². The Labute approximate surface area is 300 Å². The summed E-state index contributed by atoms with van der Waals surface area (Å²) in [6.07, 6.45) is -9.33. The lowest BCUT2D eigenvalue weighted by Gasteiger charge is -2.48. The van der Waals surface area contributed by atoms with Gasteiger partial charge in [0.15, 0.2) is 12.1 Å². The van der Waals surface area contributed by atoms with Crippen LogP contribution in [0.15, 0.2) is 66.9 Å². The van der Waals surface area contributed by atoms with Gasteiger partial charge in [0, 0.05) is 16.1 Å². The molecule has 3 aromatic carbocycles. The van der Waals surface area contributed by atoms with E-state index in [1.165, 1.54) is 17.8 Å². The number of carboxylic acids is 1. The highest BCUT2D eigenvalue weighted by molar-refractivity contribution is 6.31. The van der Waals surface area contributed by atoms with Crippen molar-refractivity contribution < 1.29 is 50.8 Å². The molecule has 0 radical (unpaired) electrons. The highest BCUT2D eigenvalue weighted by Crippen LogP contribution is 2.46. The molecule has 2 saturated heterocycles. The zero-order valence-electron chi connectivity index (χ0n) is 26.5. The van der Waals surface area contributed by atoms with Gasteiger partial charge < -0.3 is 24.1 Å². The molecule has 7 rings (SSSR count). The minimum Gasteiger partial charge on any atom is -0.480 e. The number of benzene rings is 3. The Balaban J connectivity index is 1.38. The van der Waals surface area contributed by atoms with E-state index in [0.717, 1.165) is 35.0 Å². The van der Waals surface area contributed by atoms with E-state index in [1.807, 2.05) is 0 Å². The maximum absolute atomic E-state index is 14.4. The molecule has 4 heterocycles. The molecule has 19 heteroatoms. The van der Waals surface area contributed by atoms with Crippen LogP contribution in [0, 0.1) is 18.6 Å². The van der Waals surface area contributed by atoms with Gasteiger partial charge in [-0.15, -0.1) is 5.10 Å². The molecule has 52 heavy (non-hydrogen) atoms. The monoisotopic (exact) mass is 766 g/mol. The summed E-state index contributed by atoms with van der Waals surface area (Å²) in [6, 6.07) is 12.5. The second-order valence-electron chi connectivity index (χ2n) is 11.9. The first-order valence-electron chi connectivity index (χ1n) is 15.5. The van der Waals surface area contributed by atoms with Gasteiger partial charge in [0.05, 0.1) is 24.1 Å². The summed E-state index contributed by atoms with van der Waals surface area (Å²) in [5, 5.41) is 21.5. The SMILES string of the molecule is Cc1nc(C2O[C@@H]3COC(c4ccccc4)O[C@@H]3[C@H](n3cc(-c4cc(F)c(Cl)c(F)c4)nn3)[C@H]2OCC(=O)O)n(-c2cc(Cl)ccc2C(F)(F)F)n1. The Bertz CT molecular complexity index is 2100. The molecule has 2 unspecified atom stereocenters. The summed E-state index contributed by atoms with van der Waals surface area (Å²) in [6.45, 7) is 0.430. The molecule has 2 aliphatic rings. The van der Waals surface area contributed by atoms with Gasteiger partial charge in [-0.05, 0) is 37.3 Å². The molecule has 5 aromatic rings. The second-order valence-corrected chi connectivity index (χ2v) is 12.7. The fraction of sp³-hybridized carbons (Fsp3) is 0.303. The lowest BCUT2D eigenvalue weighted by molar-refractivity contribution is -0.322. The van der Waals surface area contributed by atoms with Crippen molar-refractivity contribution in [2.75, 3.05) is 13.2 Å². The summed E-state index contributed by atoms with van der Waals surface area (Å²) in [7, 11) is 0. The molecule has 2 aliphatic heterocycles. The average Bonchev–Trinajstić information content (AvgIpc) is 3.75. The van der Waals surface area contributed by atoms with E-state index in [4.69, 9.17) is 42.1 Å². The molecule has 6 atom stereocenters. The van der Waals surface area contributed by atoms with Crippen molar-refractivity contribution in [1.29, 1.82) is 0 Å². The zero-order valence-corrected chi connectivity index (χ0v) is 28.1. The van der Waals surface area contributed by atoms with Gasteiger partial charge in [-0.2, -0.15) is 18.3 Å². The van der Waals surface area contributed by atoms with Crippen LogP contribution in [0.2, 0.25) is 10.0 Å². The summed E-state index contributed by atoms with van der Waals surface area (Å²) in [5.74, 6) is -3.64. The number of carbonyl (C=O) groups is 1. The third-order valence-corrected chi connectivity index (χ3v) is 9.00. The first kappa shape index (κ1) is 35.9. The van der Waals surface area contributed by atoms with Gasteiger partial charge in [-0.3, -0.25) is 0 Å². The molecule has 0 saturated carbocycles. The van der Waals surface area contributed by atoms with Gasteiger partial charge >= 0.3 is 12.1 Å². The van der Waals surface area contributed by atoms with Gasteiger partial charge in [0.1, 0.15) is 65.2 Å². The maximum Gasteiger partial charge on any atom is 0.418 e. The standard InChI is InChI=1S/C33H25Cl2F5N6O6/c1-15-41-31(46(43-15)23-11-18(34)7-8-19(23)33(38,39)40)30-29(49-14-25(47)48)27(28-24(51-30)13-50-32(52-28)16-5-3-2-4-6-16)45-12-22(42-44-45)17-9-20(36)26(35)21(37)10-17/h2-12,24,27-30,32H,13-14H2,1H3,(H,47,48)/t24-,27+,28+,29-,30?,32?/m1/s1. The first-order chi connectivity index (χ1) is 24.8. The molecule has 0 aliphatic carbocycles. The Kier molecular flexibility index (Phi) is 9.75. The lowest BCUT2D eigenvalue weighted by atomic mass is 9.90. The molecular weight excluding hydrogens is 742 g/mol. The summed E-state index contributed by atoms with van der Waals surface area (Å²) < 4.78 is 98.8. The topological polar surface area (TPSA) is 136 Å². The van der Waals surface area contributed by atoms with E-state index >= 15 is 0 Å². The van der Waals surface area contributed by atoms with Crippen molar-refractivity contribution in [2.45, 2.75) is 49.8 Å². The van der Waals surface area contributed by atoms with Crippen LogP contribution < -0.4 is 0 Å². The number of hydrogen-bond donors (Lipinski definition) is 1. The predicted molar refractivity (Wildman–Crippen MR) is 171 cm³/mol. The highest BCUT2D eigenvalue weighted by Gasteiger charge is 2.54. The van der Waals surface area contributed by atoms with Crippen LogP contribution in [0.25, 0.3) is 16.9 Å². The number of carboxylic acid groups (broad SMARTS) is 1. The van der Waals surface area contributed by atoms with E-state index < -0.39 is 83.4 Å². The molecule has 1 N–H and O–H groups in total. The van der Waals surface area contributed by atoms with E-state index in [0.29, 0.717) is 5.56 Å². The molecule has 2 fully saturated rings. The normalized spacial score (nSPS) is 23.4. The van der Waals surface area contributed by atoms with Crippen LogP contribution in [0.3, 0.4) is 0 Å². The quantitative estimate of drug-likeness (QED) is 0.134. The molecule has 0 spiro atoms. The van der Waals surface area contributed by atoms with E-state index in [1.54, 1.807) is 30.3 Å². The van der Waals surface area contributed by atoms with Crippen LogP contribution >= 0.6 is 23.2 Å². The Morgan fingerprint density at radius 1 is 1.06 bits per heavy atom. The molecule has 12 nitrogen and oxygen atoms in total. The van der Waals surface area contributed by atoms with Crippen molar-refractivity contribution in [3.8, 4) is 16.9 Å². The number of rotatable bonds is 8.